The summed E-state index contributed by atoms with van der Waals surface area (Å²) in [6, 6.07) is 16.0. The first-order valence-electron chi connectivity index (χ1n) is 6.83. The van der Waals surface area contributed by atoms with Crippen LogP contribution >= 0.6 is 15.9 Å². The third-order valence-corrected chi connectivity index (χ3v) is 3.96. The first-order valence-corrected chi connectivity index (χ1v) is 7.63. The topological polar surface area (TPSA) is 49.3 Å². The van der Waals surface area contributed by atoms with Crippen molar-refractivity contribution in [2.24, 2.45) is 0 Å². The molecule has 1 atom stereocenters. The molecule has 0 spiro atoms. The lowest BCUT2D eigenvalue weighted by Gasteiger charge is -2.16. The largest absolute Gasteiger partial charge is 0.481 e. The van der Waals surface area contributed by atoms with Crippen LogP contribution in [0.5, 0.6) is 0 Å². The Bertz CT molecular complexity index is 610. The SMILES string of the molecule is C[C@H](NCc1ccccc1CC(=O)O)c1ccc(Br)cc1. The van der Waals surface area contributed by atoms with Gasteiger partial charge in [-0.1, -0.05) is 52.3 Å². The molecule has 4 heteroatoms. The van der Waals surface area contributed by atoms with Gasteiger partial charge < -0.3 is 10.4 Å². The Labute approximate surface area is 133 Å². The molecule has 0 fully saturated rings. The van der Waals surface area contributed by atoms with Gasteiger partial charge in [-0.05, 0) is 35.7 Å². The fourth-order valence-electron chi connectivity index (χ4n) is 2.20. The number of carbonyl (C=O) groups is 1. The fraction of sp³-hybridized carbons (Fsp3) is 0.235. The standard InChI is InChI=1S/C17H18BrNO2/c1-12(13-6-8-16(18)9-7-13)19-11-15-5-3-2-4-14(15)10-17(20)21/h2-9,12,19H,10-11H2,1H3,(H,20,21)/t12-/m0/s1. The molecule has 2 aromatic rings. The zero-order valence-corrected chi connectivity index (χ0v) is 13.4. The molecule has 0 heterocycles. The zero-order chi connectivity index (χ0) is 15.2. The van der Waals surface area contributed by atoms with Gasteiger partial charge >= 0.3 is 5.97 Å². The molecule has 3 nitrogen and oxygen atoms in total. The van der Waals surface area contributed by atoms with E-state index in [0.29, 0.717) is 6.54 Å². The molecule has 0 bridgehead atoms. The zero-order valence-electron chi connectivity index (χ0n) is 11.8. The Hall–Kier alpha value is -1.65. The molecule has 0 amide bonds. The van der Waals surface area contributed by atoms with E-state index in [2.05, 4.69) is 40.3 Å². The minimum Gasteiger partial charge on any atom is -0.481 e. The van der Waals surface area contributed by atoms with Crippen molar-refractivity contribution in [2.45, 2.75) is 25.9 Å². The molecule has 0 aromatic heterocycles. The molecule has 0 radical (unpaired) electrons. The van der Waals surface area contributed by atoms with Crippen LogP contribution in [-0.2, 0) is 17.8 Å². The van der Waals surface area contributed by atoms with Gasteiger partial charge in [0.2, 0.25) is 0 Å². The van der Waals surface area contributed by atoms with E-state index < -0.39 is 5.97 Å². The van der Waals surface area contributed by atoms with Crippen molar-refractivity contribution in [2.75, 3.05) is 0 Å². The van der Waals surface area contributed by atoms with E-state index in [1.165, 1.54) is 5.56 Å². The Morgan fingerprint density at radius 2 is 1.76 bits per heavy atom. The van der Waals surface area contributed by atoms with Crippen LogP contribution in [0.15, 0.2) is 53.0 Å². The number of hydrogen-bond donors (Lipinski definition) is 2. The second kappa shape index (κ2) is 7.38. The van der Waals surface area contributed by atoms with Crippen molar-refractivity contribution >= 4 is 21.9 Å². The van der Waals surface area contributed by atoms with Gasteiger partial charge in [-0.2, -0.15) is 0 Å². The number of carboxylic acids is 1. The fourth-order valence-corrected chi connectivity index (χ4v) is 2.46. The summed E-state index contributed by atoms with van der Waals surface area (Å²) in [4.78, 5) is 10.9. The van der Waals surface area contributed by atoms with E-state index >= 15 is 0 Å². The average molecular weight is 348 g/mol. The van der Waals surface area contributed by atoms with E-state index in [1.807, 2.05) is 36.4 Å². The van der Waals surface area contributed by atoms with Gasteiger partial charge in [0, 0.05) is 17.1 Å². The molecule has 2 aromatic carbocycles. The molecular weight excluding hydrogens is 330 g/mol. The van der Waals surface area contributed by atoms with Crippen molar-refractivity contribution < 1.29 is 9.90 Å². The van der Waals surface area contributed by atoms with E-state index in [4.69, 9.17) is 5.11 Å². The molecular formula is C17H18BrNO2. The maximum absolute atomic E-state index is 10.9. The summed E-state index contributed by atoms with van der Waals surface area (Å²) < 4.78 is 1.06. The lowest BCUT2D eigenvalue weighted by atomic mass is 10.0. The Morgan fingerprint density at radius 3 is 2.38 bits per heavy atom. The molecule has 21 heavy (non-hydrogen) atoms. The van der Waals surface area contributed by atoms with Crippen LogP contribution in [0.1, 0.15) is 29.7 Å². The van der Waals surface area contributed by atoms with Crippen LogP contribution < -0.4 is 5.32 Å². The molecule has 0 saturated carbocycles. The second-order valence-corrected chi connectivity index (χ2v) is 5.91. The third kappa shape index (κ3) is 4.69. The van der Waals surface area contributed by atoms with Gasteiger partial charge in [-0.15, -0.1) is 0 Å². The summed E-state index contributed by atoms with van der Waals surface area (Å²) in [5.41, 5.74) is 3.10. The van der Waals surface area contributed by atoms with Crippen LogP contribution in [0.25, 0.3) is 0 Å². The van der Waals surface area contributed by atoms with Crippen LogP contribution in [-0.4, -0.2) is 11.1 Å². The number of nitrogens with one attached hydrogen (secondary N) is 1. The second-order valence-electron chi connectivity index (χ2n) is 4.99. The summed E-state index contributed by atoms with van der Waals surface area (Å²) in [7, 11) is 0. The number of aliphatic carboxylic acids is 1. The molecule has 2 rings (SSSR count). The summed E-state index contributed by atoms with van der Waals surface area (Å²) in [5.74, 6) is -0.802. The number of hydrogen-bond acceptors (Lipinski definition) is 2. The molecule has 0 aliphatic carbocycles. The maximum atomic E-state index is 10.9. The van der Waals surface area contributed by atoms with Crippen LogP contribution in [0.2, 0.25) is 0 Å². The van der Waals surface area contributed by atoms with Crippen molar-refractivity contribution in [1.82, 2.24) is 5.32 Å². The van der Waals surface area contributed by atoms with E-state index in [-0.39, 0.29) is 12.5 Å². The van der Waals surface area contributed by atoms with Crippen LogP contribution in [0.3, 0.4) is 0 Å². The van der Waals surface area contributed by atoms with Crippen LogP contribution in [0, 0.1) is 0 Å². The minimum atomic E-state index is -0.802. The highest BCUT2D eigenvalue weighted by Gasteiger charge is 2.09. The van der Waals surface area contributed by atoms with Crippen molar-refractivity contribution in [1.29, 1.82) is 0 Å². The minimum absolute atomic E-state index is 0.0600. The third-order valence-electron chi connectivity index (χ3n) is 3.43. The highest BCUT2D eigenvalue weighted by Crippen LogP contribution is 2.18. The maximum Gasteiger partial charge on any atom is 0.307 e. The monoisotopic (exact) mass is 347 g/mol. The van der Waals surface area contributed by atoms with Gasteiger partial charge in [0.05, 0.1) is 6.42 Å². The number of carboxylic acid groups (broad SMARTS) is 1. The molecule has 0 saturated heterocycles. The lowest BCUT2D eigenvalue weighted by molar-refractivity contribution is -0.136. The number of benzene rings is 2. The van der Waals surface area contributed by atoms with Gasteiger partial charge in [0.25, 0.3) is 0 Å². The predicted octanol–water partition coefficient (Wildman–Crippen LogP) is 3.93. The average Bonchev–Trinajstić information content (AvgIpc) is 2.46. The molecule has 0 aliphatic heterocycles. The van der Waals surface area contributed by atoms with Gasteiger partial charge in [-0.3, -0.25) is 4.79 Å². The molecule has 0 unspecified atom stereocenters. The predicted molar refractivity (Wildman–Crippen MR) is 87.2 cm³/mol. The highest BCUT2D eigenvalue weighted by atomic mass is 79.9. The highest BCUT2D eigenvalue weighted by molar-refractivity contribution is 9.10. The molecule has 110 valence electrons. The smallest absolute Gasteiger partial charge is 0.307 e. The van der Waals surface area contributed by atoms with Crippen molar-refractivity contribution in [3.05, 3.63) is 69.7 Å². The van der Waals surface area contributed by atoms with E-state index in [9.17, 15) is 4.79 Å². The Balaban J connectivity index is 2.02. The van der Waals surface area contributed by atoms with Crippen molar-refractivity contribution in [3.8, 4) is 0 Å². The van der Waals surface area contributed by atoms with Gasteiger partial charge in [0.15, 0.2) is 0 Å². The Kier molecular flexibility index (Phi) is 5.53. The first kappa shape index (κ1) is 15.7. The first-order chi connectivity index (χ1) is 10.1. The Morgan fingerprint density at radius 1 is 1.14 bits per heavy atom. The number of halogens is 1. The van der Waals surface area contributed by atoms with Crippen molar-refractivity contribution in [3.63, 3.8) is 0 Å². The summed E-state index contributed by atoms with van der Waals surface area (Å²) >= 11 is 3.43. The molecule has 0 aliphatic rings. The normalized spacial score (nSPS) is 12.1. The lowest BCUT2D eigenvalue weighted by Crippen LogP contribution is -2.19. The number of rotatable bonds is 6. The van der Waals surface area contributed by atoms with Crippen LogP contribution in [0.4, 0.5) is 0 Å². The summed E-state index contributed by atoms with van der Waals surface area (Å²) in [6.45, 7) is 2.75. The quantitative estimate of drug-likeness (QED) is 0.832. The molecule has 2 N–H and O–H groups in total. The summed E-state index contributed by atoms with van der Waals surface area (Å²) in [6.07, 6.45) is 0.0600. The van der Waals surface area contributed by atoms with Gasteiger partial charge in [-0.25, -0.2) is 0 Å². The summed E-state index contributed by atoms with van der Waals surface area (Å²) in [5, 5.41) is 12.4. The van der Waals surface area contributed by atoms with E-state index in [1.54, 1.807) is 0 Å². The van der Waals surface area contributed by atoms with E-state index in [0.717, 1.165) is 15.6 Å². The van der Waals surface area contributed by atoms with Gasteiger partial charge in [0.1, 0.15) is 0 Å².